The molecule has 0 fully saturated rings. The number of nitriles is 2. The van der Waals surface area contributed by atoms with Gasteiger partial charge < -0.3 is 9.80 Å². The van der Waals surface area contributed by atoms with Crippen molar-refractivity contribution in [2.24, 2.45) is 0 Å². The number of para-hydroxylation sites is 1. The van der Waals surface area contributed by atoms with Crippen LogP contribution in [-0.2, 0) is 10.8 Å². The van der Waals surface area contributed by atoms with Gasteiger partial charge in [-0.15, -0.1) is 0 Å². The molecular weight excluding hydrogens is 536 g/mol. The topological polar surface area (TPSA) is 54.1 Å². The molecule has 0 amide bonds. The van der Waals surface area contributed by atoms with Crippen LogP contribution in [0.15, 0.2) is 108 Å². The Bertz CT molecular complexity index is 2030. The van der Waals surface area contributed by atoms with Crippen molar-refractivity contribution in [2.45, 2.75) is 51.4 Å². The zero-order valence-corrected chi connectivity index (χ0v) is 25.5. The van der Waals surface area contributed by atoms with E-state index in [0.717, 1.165) is 41.0 Å². The third-order valence-corrected chi connectivity index (χ3v) is 10.3. The van der Waals surface area contributed by atoms with Gasteiger partial charge in [-0.05, 0) is 101 Å². The molecule has 1 aliphatic carbocycles. The molecule has 0 saturated carbocycles. The number of benzene rings is 4. The molecule has 4 aliphatic rings. The van der Waals surface area contributed by atoms with Crippen molar-refractivity contribution in [3.05, 3.63) is 142 Å². The summed E-state index contributed by atoms with van der Waals surface area (Å²) in [5.74, 6) is 0. The van der Waals surface area contributed by atoms with Crippen LogP contribution in [0.2, 0.25) is 0 Å². The quantitative estimate of drug-likeness (QED) is 0.247. The molecule has 0 aromatic heterocycles. The summed E-state index contributed by atoms with van der Waals surface area (Å²) in [6.45, 7) is 14.2. The van der Waals surface area contributed by atoms with Crippen LogP contribution in [0.5, 0.6) is 0 Å². The Balaban J connectivity index is 1.44. The Morgan fingerprint density at radius 2 is 1.32 bits per heavy atom. The summed E-state index contributed by atoms with van der Waals surface area (Å²) < 4.78 is 0. The summed E-state index contributed by atoms with van der Waals surface area (Å²) in [7, 11) is 0. The van der Waals surface area contributed by atoms with E-state index in [-0.39, 0.29) is 10.8 Å². The van der Waals surface area contributed by atoms with Gasteiger partial charge in [0.1, 0.15) is 0 Å². The highest BCUT2D eigenvalue weighted by atomic mass is 15.2. The van der Waals surface area contributed by atoms with Crippen LogP contribution in [0.25, 0.3) is 5.57 Å². The average molecular weight is 569 g/mol. The first-order valence-corrected chi connectivity index (χ1v) is 15.2. The van der Waals surface area contributed by atoms with Crippen LogP contribution in [0.1, 0.15) is 73.9 Å². The average Bonchev–Trinajstić information content (AvgIpc) is 3.04. The Kier molecular flexibility index (Phi) is 5.29. The first-order chi connectivity index (χ1) is 21.2. The maximum Gasteiger partial charge on any atom is 0.0991 e. The molecule has 0 atom stereocenters. The molecule has 4 heteroatoms. The lowest BCUT2D eigenvalue weighted by Crippen LogP contribution is -2.44. The smallest absolute Gasteiger partial charge is 0.0991 e. The number of hydrogen-bond acceptors (Lipinski definition) is 4. The second kappa shape index (κ2) is 8.85. The van der Waals surface area contributed by atoms with Crippen molar-refractivity contribution in [2.75, 3.05) is 9.80 Å². The molecule has 0 bridgehead atoms. The minimum atomic E-state index is -0.271. The van der Waals surface area contributed by atoms with E-state index in [9.17, 15) is 10.5 Å². The summed E-state index contributed by atoms with van der Waals surface area (Å²) >= 11 is 0. The standard InChI is InChI=1S/C40H32N4/c1-24-30-8-6-9-32-36(30)44-37-31(24)20-29(21-35(37)40(4,5)34-11-7-10-33(38(34)44)39(32,2)3)43(27-16-12-25(22-41)13-17-27)28-18-14-26(23-42)15-19-28/h7-8,10-21H,1,6,9H2,2-5H3. The summed E-state index contributed by atoms with van der Waals surface area (Å²) in [5, 5.41) is 19.0. The Morgan fingerprint density at radius 1 is 0.727 bits per heavy atom. The summed E-state index contributed by atoms with van der Waals surface area (Å²) in [5.41, 5.74) is 16.7. The second-order valence-corrected chi connectivity index (χ2v) is 13.3. The molecule has 0 N–H and O–H groups in total. The van der Waals surface area contributed by atoms with E-state index in [1.54, 1.807) is 0 Å². The Labute approximate surface area is 259 Å². The first-order valence-electron chi connectivity index (χ1n) is 15.2. The molecular formula is C40H32N4. The molecule has 8 rings (SSSR count). The van der Waals surface area contributed by atoms with Crippen LogP contribution in [0.4, 0.5) is 28.4 Å². The van der Waals surface area contributed by atoms with Crippen molar-refractivity contribution < 1.29 is 0 Å². The molecule has 0 radical (unpaired) electrons. The van der Waals surface area contributed by atoms with E-state index in [1.807, 2.05) is 48.5 Å². The van der Waals surface area contributed by atoms with Gasteiger partial charge in [-0.2, -0.15) is 10.5 Å². The predicted molar refractivity (Wildman–Crippen MR) is 178 cm³/mol. The lowest BCUT2D eigenvalue weighted by atomic mass is 9.62. The van der Waals surface area contributed by atoms with E-state index in [1.165, 1.54) is 44.9 Å². The number of anilines is 5. The molecule has 0 unspecified atom stereocenters. The van der Waals surface area contributed by atoms with E-state index < -0.39 is 0 Å². The van der Waals surface area contributed by atoms with Crippen molar-refractivity contribution >= 4 is 34.0 Å². The second-order valence-electron chi connectivity index (χ2n) is 13.3. The lowest BCUT2D eigenvalue weighted by molar-refractivity contribution is 0.552. The zero-order chi connectivity index (χ0) is 30.5. The van der Waals surface area contributed by atoms with Gasteiger partial charge in [-0.3, -0.25) is 0 Å². The lowest BCUT2D eigenvalue weighted by Gasteiger charge is -2.54. The van der Waals surface area contributed by atoms with Gasteiger partial charge in [0.15, 0.2) is 0 Å². The Morgan fingerprint density at radius 3 is 1.91 bits per heavy atom. The number of nitrogens with zero attached hydrogens (tertiary/aromatic N) is 4. The van der Waals surface area contributed by atoms with Crippen molar-refractivity contribution in [3.8, 4) is 12.1 Å². The summed E-state index contributed by atoms with van der Waals surface area (Å²) in [6, 6.07) is 31.4. The first kappa shape index (κ1) is 26.3. The molecule has 3 aliphatic heterocycles. The van der Waals surface area contributed by atoms with Crippen molar-refractivity contribution in [1.82, 2.24) is 0 Å². The van der Waals surface area contributed by atoms with Gasteiger partial charge >= 0.3 is 0 Å². The fourth-order valence-corrected chi connectivity index (χ4v) is 7.96. The molecule has 0 spiro atoms. The molecule has 4 nitrogen and oxygen atoms in total. The van der Waals surface area contributed by atoms with E-state index in [0.29, 0.717) is 11.1 Å². The van der Waals surface area contributed by atoms with Gasteiger partial charge in [0.05, 0.1) is 40.3 Å². The summed E-state index contributed by atoms with van der Waals surface area (Å²) in [4.78, 5) is 4.79. The van der Waals surface area contributed by atoms with Gasteiger partial charge in [0.25, 0.3) is 0 Å². The zero-order valence-electron chi connectivity index (χ0n) is 25.5. The highest BCUT2D eigenvalue weighted by molar-refractivity contribution is 6.04. The number of rotatable bonds is 3. The van der Waals surface area contributed by atoms with Crippen molar-refractivity contribution in [3.63, 3.8) is 0 Å². The molecule has 212 valence electrons. The normalized spacial score (nSPS) is 17.7. The molecule has 44 heavy (non-hydrogen) atoms. The number of hydrogen-bond donors (Lipinski definition) is 0. The molecule has 0 saturated heterocycles. The van der Waals surface area contributed by atoms with Gasteiger partial charge in [0, 0.05) is 39.0 Å². The SMILES string of the molecule is C=C1C2=CCCC3=C2N2c4c1cc(N(c1ccc(C#N)cc1)c1ccc(C#N)cc1)cc4C(C)(C)c1cccc(c12)C3(C)C. The number of allylic oxidation sites excluding steroid dienone is 3. The molecule has 4 aromatic carbocycles. The maximum atomic E-state index is 9.49. The van der Waals surface area contributed by atoms with Crippen LogP contribution in [0.3, 0.4) is 0 Å². The molecule has 3 heterocycles. The molecule has 4 aromatic rings. The van der Waals surface area contributed by atoms with E-state index >= 15 is 0 Å². The minimum Gasteiger partial charge on any atom is -0.310 e. The van der Waals surface area contributed by atoms with Gasteiger partial charge in [-0.1, -0.05) is 58.5 Å². The minimum absolute atomic E-state index is 0.0655. The van der Waals surface area contributed by atoms with Crippen LogP contribution in [-0.4, -0.2) is 0 Å². The van der Waals surface area contributed by atoms with E-state index in [2.05, 4.69) is 86.0 Å². The van der Waals surface area contributed by atoms with Crippen LogP contribution in [0, 0.1) is 22.7 Å². The third-order valence-electron chi connectivity index (χ3n) is 10.3. The highest BCUT2D eigenvalue weighted by Crippen LogP contribution is 2.64. The largest absolute Gasteiger partial charge is 0.310 e. The maximum absolute atomic E-state index is 9.49. The predicted octanol–water partition coefficient (Wildman–Crippen LogP) is 9.97. The summed E-state index contributed by atoms with van der Waals surface area (Å²) in [6.07, 6.45) is 4.45. The highest BCUT2D eigenvalue weighted by Gasteiger charge is 2.50. The van der Waals surface area contributed by atoms with Crippen LogP contribution < -0.4 is 9.80 Å². The van der Waals surface area contributed by atoms with E-state index in [4.69, 9.17) is 6.58 Å². The monoisotopic (exact) mass is 568 g/mol. The fourth-order valence-electron chi connectivity index (χ4n) is 7.96. The van der Waals surface area contributed by atoms with Gasteiger partial charge in [-0.25, -0.2) is 0 Å². The Hall–Kier alpha value is -5.32. The third kappa shape index (κ3) is 3.32. The van der Waals surface area contributed by atoms with Gasteiger partial charge in [0.2, 0.25) is 0 Å². The van der Waals surface area contributed by atoms with Crippen molar-refractivity contribution in [1.29, 1.82) is 10.5 Å². The van der Waals surface area contributed by atoms with Crippen LogP contribution >= 0.6 is 0 Å². The fraction of sp³-hybridized carbons (Fsp3) is 0.200.